The third-order valence-corrected chi connectivity index (χ3v) is 5.73. The lowest BCUT2D eigenvalue weighted by molar-refractivity contribution is -0.189. The Labute approximate surface area is 277 Å². The Morgan fingerprint density at radius 3 is 1.23 bits per heavy atom. The third-order valence-electron chi connectivity index (χ3n) is 5.73. The highest BCUT2D eigenvalue weighted by atomic mass is 19.4. The quantitative estimate of drug-likeness (QED) is 0.141. The molecule has 47 heavy (non-hydrogen) atoms. The lowest BCUT2D eigenvalue weighted by atomic mass is 10.1. The smallest absolute Gasteiger partial charge is 0.459 e. The van der Waals surface area contributed by atoms with Gasteiger partial charge in [-0.3, -0.25) is 33.8 Å². The van der Waals surface area contributed by atoms with Crippen molar-refractivity contribution >= 4 is 29.8 Å². The van der Waals surface area contributed by atoms with Gasteiger partial charge in [-0.25, -0.2) is 0 Å². The Morgan fingerprint density at radius 2 is 0.894 bits per heavy atom. The number of carbonyl (C=O) groups excluding carboxylic acids is 5. The predicted molar refractivity (Wildman–Crippen MR) is 168 cm³/mol. The molecular formula is C32H56F3N3O9. The highest BCUT2D eigenvalue weighted by molar-refractivity contribution is 5.96. The van der Waals surface area contributed by atoms with E-state index in [0.717, 1.165) is 0 Å². The minimum atomic E-state index is -5.34. The van der Waals surface area contributed by atoms with Crippen LogP contribution in [0.4, 0.5) is 13.2 Å². The fourth-order valence-electron chi connectivity index (χ4n) is 3.94. The minimum Gasteiger partial charge on any atom is -0.459 e. The van der Waals surface area contributed by atoms with Gasteiger partial charge in [0.25, 0.3) is 0 Å². The van der Waals surface area contributed by atoms with E-state index in [1.165, 1.54) is 46.4 Å². The van der Waals surface area contributed by atoms with Crippen molar-refractivity contribution in [2.45, 2.75) is 119 Å². The van der Waals surface area contributed by atoms with Gasteiger partial charge >= 0.3 is 36.0 Å². The van der Waals surface area contributed by atoms with Crippen LogP contribution in [0, 0.1) is 5.92 Å². The molecule has 0 rings (SSSR count). The molecule has 0 unspecified atom stereocenters. The predicted octanol–water partition coefficient (Wildman–Crippen LogP) is 3.98. The van der Waals surface area contributed by atoms with Crippen molar-refractivity contribution in [1.82, 2.24) is 14.7 Å². The van der Waals surface area contributed by atoms with Gasteiger partial charge in [0.15, 0.2) is 5.92 Å². The van der Waals surface area contributed by atoms with E-state index in [9.17, 15) is 37.1 Å². The number of ether oxygens (including phenoxy) is 4. The molecule has 0 aromatic rings. The number of likely N-dealkylation sites (N-methyl/N-ethyl adjacent to an activating group) is 1. The highest BCUT2D eigenvalue weighted by Gasteiger charge is 2.45. The van der Waals surface area contributed by atoms with Crippen LogP contribution in [0.2, 0.25) is 0 Å². The first kappa shape index (κ1) is 44.1. The van der Waals surface area contributed by atoms with Crippen LogP contribution in [-0.4, -0.2) is 125 Å². The average Bonchev–Trinajstić information content (AvgIpc) is 2.80. The van der Waals surface area contributed by atoms with Crippen LogP contribution in [0.3, 0.4) is 0 Å². The van der Waals surface area contributed by atoms with E-state index >= 15 is 0 Å². The molecule has 0 aromatic heterocycles. The highest BCUT2D eigenvalue weighted by Crippen LogP contribution is 2.22. The average molecular weight is 684 g/mol. The molecule has 0 aromatic carbocycles. The second-order valence-electron chi connectivity index (χ2n) is 15.2. The summed E-state index contributed by atoms with van der Waals surface area (Å²) in [4.78, 5) is 67.4. The van der Waals surface area contributed by atoms with Crippen molar-refractivity contribution in [2.75, 3.05) is 52.4 Å². The van der Waals surface area contributed by atoms with Crippen molar-refractivity contribution < 1.29 is 56.1 Å². The van der Waals surface area contributed by atoms with Crippen LogP contribution in [0.25, 0.3) is 0 Å². The molecule has 0 radical (unpaired) electrons. The lowest BCUT2D eigenvalue weighted by Gasteiger charge is -2.32. The number of amides is 1. The van der Waals surface area contributed by atoms with E-state index in [0.29, 0.717) is 11.4 Å². The van der Waals surface area contributed by atoms with E-state index in [2.05, 4.69) is 0 Å². The second kappa shape index (κ2) is 17.5. The molecular weight excluding hydrogens is 627 g/mol. The fourth-order valence-corrected chi connectivity index (χ4v) is 3.94. The molecule has 0 atom stereocenters. The molecule has 0 saturated carbocycles. The topological polar surface area (TPSA) is 132 Å². The minimum absolute atomic E-state index is 0.0693. The Morgan fingerprint density at radius 1 is 0.553 bits per heavy atom. The molecule has 0 N–H and O–H groups in total. The van der Waals surface area contributed by atoms with Gasteiger partial charge in [0.2, 0.25) is 0 Å². The maximum absolute atomic E-state index is 13.8. The molecule has 0 aliphatic rings. The van der Waals surface area contributed by atoms with Gasteiger partial charge in [-0.15, -0.1) is 0 Å². The summed E-state index contributed by atoms with van der Waals surface area (Å²) in [6, 6.07) is 0. The largest absolute Gasteiger partial charge is 0.471 e. The Balaban J connectivity index is 6.30. The number of halogens is 3. The second-order valence-corrected chi connectivity index (χ2v) is 15.2. The molecule has 12 nitrogen and oxygen atoms in total. The molecule has 0 bridgehead atoms. The van der Waals surface area contributed by atoms with E-state index < -0.39 is 77.4 Å². The summed E-state index contributed by atoms with van der Waals surface area (Å²) >= 11 is 0. The van der Waals surface area contributed by atoms with Crippen molar-refractivity contribution in [3.63, 3.8) is 0 Å². The van der Waals surface area contributed by atoms with Crippen LogP contribution >= 0.6 is 0 Å². The first-order valence-electron chi connectivity index (χ1n) is 15.6. The van der Waals surface area contributed by atoms with Gasteiger partial charge in [-0.1, -0.05) is 6.92 Å². The number of hydrogen-bond acceptors (Lipinski definition) is 11. The standard InChI is InChI=1S/C32H56F3N3O9/c1-14-36(20-23(39)44-28(2,3)4)15-16-37(21-24(40)45-29(5,6)7)17-18-38(27(43)32(33,34)35)19-22(25(41)46-30(8,9)10)26(42)47-31(11,12)13/h22H,14-21H2,1-13H3. The number of alkyl halides is 3. The van der Waals surface area contributed by atoms with E-state index in [4.69, 9.17) is 18.9 Å². The molecule has 0 fully saturated rings. The summed E-state index contributed by atoms with van der Waals surface area (Å²) in [5.41, 5.74) is -3.73. The Bertz CT molecular complexity index is 1040. The van der Waals surface area contributed by atoms with Gasteiger partial charge in [0.05, 0.1) is 13.1 Å². The van der Waals surface area contributed by atoms with Gasteiger partial charge in [-0.2, -0.15) is 13.2 Å². The van der Waals surface area contributed by atoms with Crippen LogP contribution in [0.1, 0.15) is 90.0 Å². The Kier molecular flexibility index (Phi) is 16.4. The van der Waals surface area contributed by atoms with Crippen LogP contribution < -0.4 is 0 Å². The molecule has 15 heteroatoms. The zero-order chi connectivity index (χ0) is 37.2. The van der Waals surface area contributed by atoms with Gasteiger partial charge in [0.1, 0.15) is 22.4 Å². The van der Waals surface area contributed by atoms with Crippen molar-refractivity contribution in [3.05, 3.63) is 0 Å². The summed E-state index contributed by atoms with van der Waals surface area (Å²) in [7, 11) is 0. The first-order valence-corrected chi connectivity index (χ1v) is 15.6. The molecule has 0 heterocycles. The van der Waals surface area contributed by atoms with Crippen molar-refractivity contribution in [1.29, 1.82) is 0 Å². The normalized spacial score (nSPS) is 13.1. The van der Waals surface area contributed by atoms with Gasteiger partial charge < -0.3 is 23.8 Å². The lowest BCUT2D eigenvalue weighted by Crippen LogP contribution is -2.51. The van der Waals surface area contributed by atoms with Crippen LogP contribution in [0.5, 0.6) is 0 Å². The van der Waals surface area contributed by atoms with E-state index in [1.54, 1.807) is 53.4 Å². The van der Waals surface area contributed by atoms with E-state index in [-0.39, 0.29) is 32.7 Å². The number of rotatable bonds is 15. The molecule has 0 spiro atoms. The summed E-state index contributed by atoms with van der Waals surface area (Å²) in [5, 5.41) is 0. The maximum Gasteiger partial charge on any atom is 0.471 e. The van der Waals surface area contributed by atoms with Crippen LogP contribution in [0.15, 0.2) is 0 Å². The van der Waals surface area contributed by atoms with Gasteiger partial charge in [-0.05, 0) is 89.6 Å². The van der Waals surface area contributed by atoms with Crippen molar-refractivity contribution in [2.24, 2.45) is 5.92 Å². The SMILES string of the molecule is CCN(CCN(CCN(CC(C(=O)OC(C)(C)C)C(=O)OC(C)(C)C)C(=O)C(F)(F)F)CC(=O)OC(C)(C)C)CC(=O)OC(C)(C)C. The third kappa shape index (κ3) is 20.8. The maximum atomic E-state index is 13.8. The zero-order valence-electron chi connectivity index (χ0n) is 30.4. The number of esters is 4. The summed E-state index contributed by atoms with van der Waals surface area (Å²) in [6.45, 7) is 19.5. The number of hydrogen-bond donors (Lipinski definition) is 0. The molecule has 0 saturated heterocycles. The fraction of sp³-hybridized carbons (Fsp3) is 0.844. The van der Waals surface area contributed by atoms with Crippen molar-refractivity contribution in [3.8, 4) is 0 Å². The first-order chi connectivity index (χ1) is 20.9. The molecule has 274 valence electrons. The van der Waals surface area contributed by atoms with Gasteiger partial charge in [0, 0.05) is 32.7 Å². The van der Waals surface area contributed by atoms with E-state index in [1.807, 2.05) is 0 Å². The Hall–Kier alpha value is -2.94. The summed E-state index contributed by atoms with van der Waals surface area (Å²) in [6.07, 6.45) is -5.34. The number of nitrogens with zero attached hydrogens (tertiary/aromatic N) is 3. The molecule has 0 aliphatic carbocycles. The molecule has 0 aliphatic heterocycles. The summed E-state index contributed by atoms with van der Waals surface area (Å²) in [5.74, 6) is -7.62. The summed E-state index contributed by atoms with van der Waals surface area (Å²) < 4.78 is 62.7. The van der Waals surface area contributed by atoms with Crippen LogP contribution in [-0.2, 0) is 42.9 Å². The monoisotopic (exact) mass is 683 g/mol. The number of carbonyl (C=O) groups is 5. The zero-order valence-corrected chi connectivity index (χ0v) is 30.4. The molecule has 1 amide bonds.